The molecule has 4 atom stereocenters. The molecule has 0 unspecified atom stereocenters. The van der Waals surface area contributed by atoms with Crippen molar-refractivity contribution in [3.63, 3.8) is 0 Å². The highest BCUT2D eigenvalue weighted by atomic mass is 35.5. The van der Waals surface area contributed by atoms with Crippen molar-refractivity contribution in [2.45, 2.75) is 41.3 Å². The normalized spacial score (nSPS) is 26.5. The highest BCUT2D eigenvalue weighted by Gasteiger charge is 2.28. The molecule has 9 N–H and O–H groups in total. The van der Waals surface area contributed by atoms with Crippen molar-refractivity contribution in [2.24, 2.45) is 22.9 Å². The summed E-state index contributed by atoms with van der Waals surface area (Å²) in [6.07, 6.45) is 3.50. The molecule has 4 heterocycles. The van der Waals surface area contributed by atoms with Gasteiger partial charge in [0, 0.05) is 50.3 Å². The van der Waals surface area contributed by atoms with E-state index in [1.54, 1.807) is 0 Å². The highest BCUT2D eigenvalue weighted by Crippen LogP contribution is 2.27. The van der Waals surface area contributed by atoms with Gasteiger partial charge in [-0.2, -0.15) is 15.0 Å². The summed E-state index contributed by atoms with van der Waals surface area (Å²) in [5.74, 6) is 1.44. The number of thioether (sulfide) groups is 1. The predicted octanol–water partition coefficient (Wildman–Crippen LogP) is -0.660. The molecule has 4 rings (SSSR count). The Morgan fingerprint density at radius 1 is 0.839 bits per heavy atom. The molecule has 0 radical (unpaired) electrons. The monoisotopic (exact) mass is 488 g/mol. The van der Waals surface area contributed by atoms with Gasteiger partial charge < -0.3 is 32.7 Å². The van der Waals surface area contributed by atoms with E-state index in [4.69, 9.17) is 27.9 Å². The highest BCUT2D eigenvalue weighted by molar-refractivity contribution is 8.00. The standard InChI is InChI=1S/C16H28N12S2.ClH/c1-29-16-26-25-15(30-16)23-12-21-13(27-4-8(17)2-9(18)5-27)24-14(22-12)28-6-10(19)3-11(20)7-28;/h8-11H,2-7,17-20H2,1H3,(H,21,22,23,24,25);1H/t8-,9+,10-,11+;. The van der Waals surface area contributed by atoms with Crippen LogP contribution in [0.5, 0.6) is 0 Å². The summed E-state index contributed by atoms with van der Waals surface area (Å²) in [6, 6.07) is -0.131. The van der Waals surface area contributed by atoms with E-state index >= 15 is 0 Å². The molecule has 2 aliphatic rings. The molecule has 2 aromatic heterocycles. The van der Waals surface area contributed by atoms with Crippen LogP contribution in [0.4, 0.5) is 23.0 Å². The average molecular weight is 489 g/mol. The number of rotatable bonds is 5. The van der Waals surface area contributed by atoms with Gasteiger partial charge in [0.2, 0.25) is 23.0 Å². The second-order valence-corrected chi connectivity index (χ2v) is 9.81. The van der Waals surface area contributed by atoms with Gasteiger partial charge in [0.1, 0.15) is 0 Å². The van der Waals surface area contributed by atoms with Gasteiger partial charge in [-0.25, -0.2) is 0 Å². The Balaban J connectivity index is 0.00000272. The van der Waals surface area contributed by atoms with Crippen LogP contribution in [0.25, 0.3) is 0 Å². The summed E-state index contributed by atoms with van der Waals surface area (Å²) in [5.41, 5.74) is 24.7. The molecule has 0 spiro atoms. The zero-order chi connectivity index (χ0) is 21.3. The Morgan fingerprint density at radius 3 is 1.74 bits per heavy atom. The Morgan fingerprint density at radius 2 is 1.32 bits per heavy atom. The van der Waals surface area contributed by atoms with Gasteiger partial charge in [0.25, 0.3) is 0 Å². The third-order valence-electron chi connectivity index (χ3n) is 5.01. The van der Waals surface area contributed by atoms with Crippen LogP contribution in [-0.4, -0.2) is 81.8 Å². The predicted molar refractivity (Wildman–Crippen MR) is 128 cm³/mol. The molecule has 0 saturated carbocycles. The Labute approximate surface area is 195 Å². The van der Waals surface area contributed by atoms with Gasteiger partial charge in [0.15, 0.2) is 4.34 Å². The van der Waals surface area contributed by atoms with Crippen molar-refractivity contribution >= 4 is 58.5 Å². The fraction of sp³-hybridized carbons (Fsp3) is 0.688. The summed E-state index contributed by atoms with van der Waals surface area (Å²) in [5, 5.41) is 12.0. The molecule has 31 heavy (non-hydrogen) atoms. The minimum absolute atomic E-state index is 0. The van der Waals surface area contributed by atoms with Gasteiger partial charge in [0.05, 0.1) is 0 Å². The van der Waals surface area contributed by atoms with E-state index in [2.05, 4.69) is 25.5 Å². The van der Waals surface area contributed by atoms with Crippen LogP contribution in [0.2, 0.25) is 0 Å². The average Bonchev–Trinajstić information content (AvgIpc) is 3.14. The fourth-order valence-corrected chi connectivity index (χ4v) is 4.98. The molecular formula is C16H29ClN12S2. The number of hydrogen-bond acceptors (Lipinski definition) is 14. The van der Waals surface area contributed by atoms with Crippen LogP contribution in [0.15, 0.2) is 4.34 Å². The molecule has 2 aliphatic heterocycles. The van der Waals surface area contributed by atoms with E-state index in [1.165, 1.54) is 23.1 Å². The molecule has 0 aliphatic carbocycles. The number of anilines is 4. The summed E-state index contributed by atoms with van der Waals surface area (Å²) < 4.78 is 0.855. The lowest BCUT2D eigenvalue weighted by atomic mass is 10.0. The smallest absolute Gasteiger partial charge is 0.235 e. The quantitative estimate of drug-likeness (QED) is 0.334. The number of aromatic nitrogens is 5. The van der Waals surface area contributed by atoms with Gasteiger partial charge in [-0.05, 0) is 19.1 Å². The van der Waals surface area contributed by atoms with Gasteiger partial charge in [-0.15, -0.1) is 22.6 Å². The summed E-state index contributed by atoms with van der Waals surface area (Å²) >= 11 is 2.97. The van der Waals surface area contributed by atoms with Gasteiger partial charge in [-0.1, -0.05) is 23.1 Å². The first-order valence-corrected chi connectivity index (χ1v) is 11.9. The van der Waals surface area contributed by atoms with E-state index in [9.17, 15) is 0 Å². The fourth-order valence-electron chi connectivity index (χ4n) is 3.81. The number of nitrogens with one attached hydrogen (secondary N) is 1. The van der Waals surface area contributed by atoms with Crippen LogP contribution in [-0.2, 0) is 0 Å². The third-order valence-corrected chi connectivity index (χ3v) is 6.82. The van der Waals surface area contributed by atoms with E-state index < -0.39 is 0 Å². The maximum atomic E-state index is 6.18. The zero-order valence-electron chi connectivity index (χ0n) is 17.2. The minimum Gasteiger partial charge on any atom is -0.338 e. The number of piperidine rings is 2. The number of hydrogen-bond donors (Lipinski definition) is 5. The maximum absolute atomic E-state index is 6.18. The molecule has 0 bridgehead atoms. The van der Waals surface area contributed by atoms with E-state index in [-0.39, 0.29) is 36.6 Å². The molecule has 2 aromatic rings. The molecule has 12 nitrogen and oxygen atoms in total. The van der Waals surface area contributed by atoms with Crippen LogP contribution < -0.4 is 38.1 Å². The number of halogens is 1. The molecular weight excluding hydrogens is 460 g/mol. The van der Waals surface area contributed by atoms with Crippen LogP contribution in [0, 0.1) is 0 Å². The van der Waals surface area contributed by atoms with Crippen molar-refractivity contribution < 1.29 is 0 Å². The number of nitrogens with two attached hydrogens (primary N) is 4. The largest absolute Gasteiger partial charge is 0.338 e. The lowest BCUT2D eigenvalue weighted by Gasteiger charge is -2.36. The van der Waals surface area contributed by atoms with E-state index in [0.717, 1.165) is 17.2 Å². The van der Waals surface area contributed by atoms with Gasteiger partial charge in [-0.3, -0.25) is 5.32 Å². The zero-order valence-corrected chi connectivity index (χ0v) is 19.7. The molecule has 172 valence electrons. The summed E-state index contributed by atoms with van der Waals surface area (Å²) in [7, 11) is 0. The summed E-state index contributed by atoms with van der Waals surface area (Å²) in [6.45, 7) is 2.52. The van der Waals surface area contributed by atoms with Crippen LogP contribution in [0.1, 0.15) is 12.8 Å². The van der Waals surface area contributed by atoms with Crippen molar-refractivity contribution in [3.05, 3.63) is 0 Å². The first-order valence-electron chi connectivity index (χ1n) is 9.82. The summed E-state index contributed by atoms with van der Waals surface area (Å²) in [4.78, 5) is 18.0. The Hall–Kier alpha value is -1.55. The second-order valence-electron chi connectivity index (χ2n) is 7.78. The third kappa shape index (κ3) is 6.03. The molecule has 0 amide bonds. The Bertz CT molecular complexity index is 805. The van der Waals surface area contributed by atoms with Crippen molar-refractivity contribution in [1.29, 1.82) is 0 Å². The SMILES string of the molecule is CSc1nnc(Nc2nc(N3C[C@H](N)C[C@H](N)C3)nc(N3C[C@H](N)C[C@H](N)C3)n2)s1.Cl. The van der Waals surface area contributed by atoms with E-state index in [1.807, 2.05) is 16.1 Å². The Kier molecular flexibility index (Phi) is 8.07. The lowest BCUT2D eigenvalue weighted by Crippen LogP contribution is -2.54. The van der Waals surface area contributed by atoms with E-state index in [0.29, 0.717) is 49.2 Å². The van der Waals surface area contributed by atoms with Crippen LogP contribution >= 0.6 is 35.5 Å². The van der Waals surface area contributed by atoms with Crippen LogP contribution in [0.3, 0.4) is 0 Å². The second kappa shape index (κ2) is 10.4. The van der Waals surface area contributed by atoms with Gasteiger partial charge >= 0.3 is 0 Å². The van der Waals surface area contributed by atoms with Crippen molar-refractivity contribution in [2.75, 3.05) is 47.6 Å². The minimum atomic E-state index is -0.0329. The number of nitrogens with zero attached hydrogens (tertiary/aromatic N) is 7. The molecule has 15 heteroatoms. The molecule has 2 fully saturated rings. The first kappa shape index (κ1) is 24.1. The topological polar surface area (TPSA) is 187 Å². The molecule has 2 saturated heterocycles. The maximum Gasteiger partial charge on any atom is 0.235 e. The van der Waals surface area contributed by atoms with Crippen molar-refractivity contribution in [1.82, 2.24) is 25.1 Å². The van der Waals surface area contributed by atoms with Crippen molar-refractivity contribution in [3.8, 4) is 0 Å². The molecule has 0 aromatic carbocycles. The lowest BCUT2D eigenvalue weighted by molar-refractivity contribution is 0.441. The first-order chi connectivity index (χ1) is 14.4.